The van der Waals surface area contributed by atoms with Crippen molar-refractivity contribution in [3.05, 3.63) is 77.4 Å². The highest BCUT2D eigenvalue weighted by Crippen LogP contribution is 2.36. The van der Waals surface area contributed by atoms with Gasteiger partial charge in [0.25, 0.3) is 0 Å². The summed E-state index contributed by atoms with van der Waals surface area (Å²) in [6.07, 6.45) is -10.0. The van der Waals surface area contributed by atoms with Crippen LogP contribution in [0.25, 0.3) is 5.69 Å². The normalized spacial score (nSPS) is 12.2. The summed E-state index contributed by atoms with van der Waals surface area (Å²) in [5, 5.41) is 6.04. The third kappa shape index (κ3) is 4.44. The first-order valence-electron chi connectivity index (χ1n) is 7.87. The lowest BCUT2D eigenvalue weighted by Crippen LogP contribution is -2.13. The molecule has 0 aliphatic rings. The monoisotopic (exact) mass is 403 g/mol. The molecule has 0 amide bonds. The van der Waals surface area contributed by atoms with E-state index in [1.807, 2.05) is 0 Å². The molecule has 0 aliphatic carbocycles. The summed E-state index contributed by atoms with van der Waals surface area (Å²) in [7, 11) is 0. The van der Waals surface area contributed by atoms with Gasteiger partial charge in [0, 0.05) is 18.3 Å². The Kier molecular flexibility index (Phi) is 5.05. The smallest absolute Gasteiger partial charge is 0.381 e. The van der Waals surface area contributed by atoms with Crippen LogP contribution in [0.1, 0.15) is 17.0 Å². The Bertz CT molecular complexity index is 939. The summed E-state index contributed by atoms with van der Waals surface area (Å²) in [5.41, 5.74) is -2.03. The zero-order chi connectivity index (χ0) is 20.5. The second kappa shape index (κ2) is 7.17. The second-order valence-corrected chi connectivity index (χ2v) is 5.85. The van der Waals surface area contributed by atoms with Crippen molar-refractivity contribution in [2.75, 3.05) is 5.32 Å². The van der Waals surface area contributed by atoms with Gasteiger partial charge in [0.1, 0.15) is 11.5 Å². The molecule has 1 aromatic heterocycles. The first-order valence-corrected chi connectivity index (χ1v) is 7.87. The molecule has 0 spiro atoms. The Balaban J connectivity index is 1.83. The maximum absolute atomic E-state index is 13.1. The standard InChI is InChI=1S/C18H12F7N3/c19-12-3-1-11(2-4-12)10-26-13-5-7-14(8-6-13)28-16(18(23,24)25)9-15(27-28)17(20,21)22/h1-9,26H,10H2. The topological polar surface area (TPSA) is 29.9 Å². The molecule has 1 N–H and O–H groups in total. The van der Waals surface area contributed by atoms with Crippen molar-refractivity contribution in [2.24, 2.45) is 0 Å². The van der Waals surface area contributed by atoms with E-state index in [1.165, 1.54) is 36.4 Å². The fourth-order valence-corrected chi connectivity index (χ4v) is 2.45. The quantitative estimate of drug-likeness (QED) is 0.570. The molecule has 10 heteroatoms. The van der Waals surface area contributed by atoms with Crippen molar-refractivity contribution >= 4 is 5.69 Å². The van der Waals surface area contributed by atoms with Gasteiger partial charge in [-0.1, -0.05) is 12.1 Å². The second-order valence-electron chi connectivity index (χ2n) is 5.85. The minimum atomic E-state index is -5.00. The first-order chi connectivity index (χ1) is 13.0. The van der Waals surface area contributed by atoms with E-state index in [0.717, 1.165) is 5.56 Å². The molecule has 0 atom stereocenters. The van der Waals surface area contributed by atoms with E-state index >= 15 is 0 Å². The molecular formula is C18H12F7N3. The van der Waals surface area contributed by atoms with Crippen molar-refractivity contribution in [1.29, 1.82) is 0 Å². The number of anilines is 1. The number of nitrogens with zero attached hydrogens (tertiary/aromatic N) is 2. The number of hydrogen-bond donors (Lipinski definition) is 1. The molecule has 3 nitrogen and oxygen atoms in total. The van der Waals surface area contributed by atoms with Crippen LogP contribution in [0, 0.1) is 5.82 Å². The van der Waals surface area contributed by atoms with Crippen LogP contribution < -0.4 is 5.32 Å². The summed E-state index contributed by atoms with van der Waals surface area (Å²) in [6.45, 7) is 0.327. The fourth-order valence-electron chi connectivity index (χ4n) is 2.45. The summed E-state index contributed by atoms with van der Waals surface area (Å²) < 4.78 is 90.6. The van der Waals surface area contributed by atoms with Crippen LogP contribution >= 0.6 is 0 Å². The number of rotatable bonds is 4. The largest absolute Gasteiger partial charge is 0.435 e. The van der Waals surface area contributed by atoms with E-state index in [-0.39, 0.29) is 22.3 Å². The zero-order valence-electron chi connectivity index (χ0n) is 13.9. The molecule has 0 unspecified atom stereocenters. The lowest BCUT2D eigenvalue weighted by molar-refractivity contribution is -0.143. The zero-order valence-corrected chi connectivity index (χ0v) is 13.9. The van der Waals surface area contributed by atoms with Crippen LogP contribution in [-0.4, -0.2) is 9.78 Å². The van der Waals surface area contributed by atoms with Gasteiger partial charge in [0.2, 0.25) is 0 Å². The highest BCUT2D eigenvalue weighted by atomic mass is 19.4. The van der Waals surface area contributed by atoms with Gasteiger partial charge < -0.3 is 5.32 Å². The van der Waals surface area contributed by atoms with Crippen molar-refractivity contribution < 1.29 is 30.7 Å². The van der Waals surface area contributed by atoms with Gasteiger partial charge in [-0.15, -0.1) is 0 Å². The number of benzene rings is 2. The first kappa shape index (κ1) is 19.7. The van der Waals surface area contributed by atoms with Crippen molar-refractivity contribution in [3.63, 3.8) is 0 Å². The van der Waals surface area contributed by atoms with Gasteiger partial charge in [-0.25, -0.2) is 9.07 Å². The fraction of sp³-hybridized carbons (Fsp3) is 0.167. The molecule has 0 aliphatic heterocycles. The lowest BCUT2D eigenvalue weighted by Gasteiger charge is -2.11. The highest BCUT2D eigenvalue weighted by molar-refractivity contribution is 5.49. The van der Waals surface area contributed by atoms with E-state index in [4.69, 9.17) is 0 Å². The summed E-state index contributed by atoms with van der Waals surface area (Å²) in [5.74, 6) is -0.383. The van der Waals surface area contributed by atoms with E-state index in [0.29, 0.717) is 12.2 Å². The van der Waals surface area contributed by atoms with Crippen molar-refractivity contribution in [3.8, 4) is 5.69 Å². The molecule has 3 aromatic rings. The maximum atomic E-state index is 13.1. The minimum Gasteiger partial charge on any atom is -0.381 e. The maximum Gasteiger partial charge on any atom is 0.435 e. The molecule has 2 aromatic carbocycles. The van der Waals surface area contributed by atoms with Crippen LogP contribution in [0.15, 0.2) is 54.6 Å². The van der Waals surface area contributed by atoms with Crippen LogP contribution in [0.5, 0.6) is 0 Å². The number of alkyl halides is 6. The Morgan fingerprint density at radius 3 is 1.96 bits per heavy atom. The van der Waals surface area contributed by atoms with E-state index in [2.05, 4.69) is 10.4 Å². The Morgan fingerprint density at radius 2 is 1.43 bits per heavy atom. The SMILES string of the molecule is Fc1ccc(CNc2ccc(-n3nc(C(F)(F)F)cc3C(F)(F)F)cc2)cc1. The van der Waals surface area contributed by atoms with Crippen LogP contribution in [0.3, 0.4) is 0 Å². The highest BCUT2D eigenvalue weighted by Gasteiger charge is 2.42. The third-order valence-corrected chi connectivity index (χ3v) is 3.81. The number of aromatic nitrogens is 2. The molecule has 0 fully saturated rings. The average molecular weight is 403 g/mol. The molecule has 3 rings (SSSR count). The third-order valence-electron chi connectivity index (χ3n) is 3.81. The predicted molar refractivity (Wildman–Crippen MR) is 87.3 cm³/mol. The van der Waals surface area contributed by atoms with E-state index in [1.54, 1.807) is 12.1 Å². The summed E-state index contributed by atoms with van der Waals surface area (Å²) in [6, 6.07) is 10.9. The van der Waals surface area contributed by atoms with Crippen LogP contribution in [-0.2, 0) is 18.9 Å². The molecule has 0 bridgehead atoms. The van der Waals surface area contributed by atoms with E-state index < -0.39 is 23.7 Å². The predicted octanol–water partition coefficient (Wildman–Crippen LogP) is 5.66. The Labute approximate surface area is 154 Å². The van der Waals surface area contributed by atoms with Gasteiger partial charge in [-0.05, 0) is 42.0 Å². The van der Waals surface area contributed by atoms with Gasteiger partial charge in [-0.2, -0.15) is 31.4 Å². The number of halogens is 7. The Hall–Kier alpha value is -3.04. The molecule has 0 saturated heterocycles. The molecule has 28 heavy (non-hydrogen) atoms. The van der Waals surface area contributed by atoms with Crippen LogP contribution in [0.2, 0.25) is 0 Å². The number of nitrogens with one attached hydrogen (secondary N) is 1. The van der Waals surface area contributed by atoms with Crippen molar-refractivity contribution in [1.82, 2.24) is 9.78 Å². The Morgan fingerprint density at radius 1 is 0.821 bits per heavy atom. The van der Waals surface area contributed by atoms with Gasteiger partial charge >= 0.3 is 12.4 Å². The molecular weight excluding hydrogens is 391 g/mol. The summed E-state index contributed by atoms with van der Waals surface area (Å²) in [4.78, 5) is 0. The molecule has 1 heterocycles. The van der Waals surface area contributed by atoms with Gasteiger partial charge in [0.05, 0.1) is 5.69 Å². The molecule has 148 valence electrons. The van der Waals surface area contributed by atoms with Crippen molar-refractivity contribution in [2.45, 2.75) is 18.9 Å². The minimum absolute atomic E-state index is 0.0271. The van der Waals surface area contributed by atoms with Crippen LogP contribution in [0.4, 0.5) is 36.4 Å². The van der Waals surface area contributed by atoms with E-state index in [9.17, 15) is 30.7 Å². The van der Waals surface area contributed by atoms with Gasteiger partial charge in [0.15, 0.2) is 5.69 Å². The van der Waals surface area contributed by atoms with Gasteiger partial charge in [-0.3, -0.25) is 0 Å². The molecule has 0 radical (unpaired) electrons. The summed E-state index contributed by atoms with van der Waals surface area (Å²) >= 11 is 0. The average Bonchev–Trinajstić information content (AvgIpc) is 3.08. The number of hydrogen-bond acceptors (Lipinski definition) is 2. The molecule has 0 saturated carbocycles. The lowest BCUT2D eigenvalue weighted by atomic mass is 10.2.